The second-order valence-corrected chi connectivity index (χ2v) is 9.79. The lowest BCUT2D eigenvalue weighted by Crippen LogP contribution is -2.34. The van der Waals surface area contributed by atoms with Crippen LogP contribution in [0, 0.1) is 5.92 Å². The molecule has 5 heteroatoms. The topological polar surface area (TPSA) is 46.6 Å². The molecule has 2 amide bonds. The van der Waals surface area contributed by atoms with Gasteiger partial charge >= 0.3 is 0 Å². The molecule has 0 bridgehead atoms. The summed E-state index contributed by atoms with van der Waals surface area (Å²) in [6, 6.07) is 22.2. The maximum Gasteiger partial charge on any atom is 0.293 e. The van der Waals surface area contributed by atoms with Gasteiger partial charge in [-0.1, -0.05) is 73.9 Å². The largest absolute Gasteiger partial charge is 0.489 e. The zero-order valence-corrected chi connectivity index (χ0v) is 19.4. The quantitative estimate of drug-likeness (QED) is 0.373. The first-order chi connectivity index (χ1) is 16.2. The molecule has 2 aliphatic rings. The smallest absolute Gasteiger partial charge is 0.293 e. The van der Waals surface area contributed by atoms with E-state index in [0.717, 1.165) is 41.5 Å². The first-order valence-electron chi connectivity index (χ1n) is 11.6. The minimum atomic E-state index is -0.160. The minimum Gasteiger partial charge on any atom is -0.489 e. The maximum atomic E-state index is 12.8. The molecule has 1 aliphatic heterocycles. The Morgan fingerprint density at radius 3 is 2.48 bits per heavy atom. The van der Waals surface area contributed by atoms with Crippen LogP contribution in [0.15, 0.2) is 71.6 Å². The van der Waals surface area contributed by atoms with Crippen molar-refractivity contribution >= 4 is 39.8 Å². The number of rotatable bonds is 6. The van der Waals surface area contributed by atoms with Gasteiger partial charge in [0.1, 0.15) is 12.4 Å². The summed E-state index contributed by atoms with van der Waals surface area (Å²) in [7, 11) is 0. The number of benzene rings is 3. The highest BCUT2D eigenvalue weighted by Crippen LogP contribution is 2.35. The predicted molar refractivity (Wildman–Crippen MR) is 134 cm³/mol. The normalized spacial score (nSPS) is 18.4. The van der Waals surface area contributed by atoms with Gasteiger partial charge in [-0.3, -0.25) is 14.5 Å². The average molecular weight is 458 g/mol. The number of hydrogen-bond acceptors (Lipinski definition) is 4. The SMILES string of the molecule is O=C1S/C(=C/c2ccc(OCc3cccc4ccccc34)cc2)C(=O)N1CC1CCCCC1. The number of amides is 2. The second-order valence-electron chi connectivity index (χ2n) is 8.79. The van der Waals surface area contributed by atoms with E-state index in [9.17, 15) is 9.59 Å². The van der Waals surface area contributed by atoms with Crippen molar-refractivity contribution in [2.24, 2.45) is 5.92 Å². The molecule has 0 unspecified atom stereocenters. The molecule has 2 fully saturated rings. The van der Waals surface area contributed by atoms with Crippen molar-refractivity contribution in [2.45, 2.75) is 38.7 Å². The van der Waals surface area contributed by atoms with Crippen molar-refractivity contribution in [2.75, 3.05) is 6.54 Å². The van der Waals surface area contributed by atoms with Crippen molar-refractivity contribution in [1.82, 2.24) is 4.90 Å². The lowest BCUT2D eigenvalue weighted by atomic mass is 9.89. The molecule has 1 heterocycles. The molecule has 33 heavy (non-hydrogen) atoms. The summed E-state index contributed by atoms with van der Waals surface area (Å²) in [5.74, 6) is 1.06. The van der Waals surface area contributed by atoms with Crippen molar-refractivity contribution < 1.29 is 14.3 Å². The highest BCUT2D eigenvalue weighted by molar-refractivity contribution is 8.18. The van der Waals surface area contributed by atoms with Crippen molar-refractivity contribution in [3.63, 3.8) is 0 Å². The molecule has 168 valence electrons. The molecule has 1 saturated heterocycles. The van der Waals surface area contributed by atoms with Crippen LogP contribution in [0.4, 0.5) is 4.79 Å². The van der Waals surface area contributed by atoms with E-state index < -0.39 is 0 Å². The summed E-state index contributed by atoms with van der Waals surface area (Å²) in [4.78, 5) is 27.2. The molecule has 3 aromatic carbocycles. The van der Waals surface area contributed by atoms with E-state index >= 15 is 0 Å². The lowest BCUT2D eigenvalue weighted by Gasteiger charge is -2.25. The maximum absolute atomic E-state index is 12.8. The van der Waals surface area contributed by atoms with Gasteiger partial charge < -0.3 is 4.74 Å². The number of carbonyl (C=O) groups is 2. The molecular weight excluding hydrogens is 430 g/mol. The van der Waals surface area contributed by atoms with Crippen LogP contribution in [0.25, 0.3) is 16.8 Å². The standard InChI is InChI=1S/C28H27NO3S/c30-27-26(33-28(31)29(27)18-21-7-2-1-3-8-21)17-20-13-15-24(16-14-20)32-19-23-11-6-10-22-9-4-5-12-25(22)23/h4-6,9-17,21H,1-3,7-8,18-19H2/b26-17+. The Balaban J connectivity index is 1.23. The Kier molecular flexibility index (Phi) is 6.49. The molecule has 0 atom stereocenters. The fourth-order valence-corrected chi connectivity index (χ4v) is 5.52. The number of nitrogens with zero attached hydrogens (tertiary/aromatic N) is 1. The van der Waals surface area contributed by atoms with Crippen LogP contribution in [0.2, 0.25) is 0 Å². The van der Waals surface area contributed by atoms with E-state index in [1.807, 2.05) is 42.5 Å². The lowest BCUT2D eigenvalue weighted by molar-refractivity contribution is -0.123. The molecule has 1 aliphatic carbocycles. The van der Waals surface area contributed by atoms with Crippen LogP contribution in [0.1, 0.15) is 43.2 Å². The summed E-state index contributed by atoms with van der Waals surface area (Å²) in [5, 5.41) is 2.25. The molecule has 1 saturated carbocycles. The zero-order chi connectivity index (χ0) is 22.6. The third kappa shape index (κ3) is 4.98. The summed E-state index contributed by atoms with van der Waals surface area (Å²) >= 11 is 1.05. The van der Waals surface area contributed by atoms with Crippen molar-refractivity contribution in [1.29, 1.82) is 0 Å². The number of imide groups is 1. The van der Waals surface area contributed by atoms with Gasteiger partial charge in [-0.05, 0) is 70.6 Å². The monoisotopic (exact) mass is 457 g/mol. The summed E-state index contributed by atoms with van der Waals surface area (Å²) in [6.45, 7) is 1.05. The minimum absolute atomic E-state index is 0.146. The molecule has 5 rings (SSSR count). The van der Waals surface area contributed by atoms with E-state index in [-0.39, 0.29) is 11.1 Å². The van der Waals surface area contributed by atoms with Gasteiger partial charge in [0, 0.05) is 6.54 Å². The zero-order valence-electron chi connectivity index (χ0n) is 18.5. The van der Waals surface area contributed by atoms with Crippen molar-refractivity contribution in [3.05, 3.63) is 82.8 Å². The van der Waals surface area contributed by atoms with Gasteiger partial charge in [0.05, 0.1) is 4.91 Å². The number of ether oxygens (including phenoxy) is 1. The Morgan fingerprint density at radius 2 is 1.67 bits per heavy atom. The van der Waals surface area contributed by atoms with Crippen LogP contribution >= 0.6 is 11.8 Å². The molecule has 0 radical (unpaired) electrons. The molecular formula is C28H27NO3S. The van der Waals surface area contributed by atoms with E-state index in [0.29, 0.717) is 24.0 Å². The van der Waals surface area contributed by atoms with Gasteiger partial charge in [0.15, 0.2) is 0 Å². The van der Waals surface area contributed by atoms with Gasteiger partial charge in [0.25, 0.3) is 11.1 Å². The van der Waals surface area contributed by atoms with Gasteiger partial charge in [0.2, 0.25) is 0 Å². The summed E-state index contributed by atoms with van der Waals surface area (Å²) in [6.07, 6.45) is 7.69. The Morgan fingerprint density at radius 1 is 0.909 bits per heavy atom. The molecule has 0 spiro atoms. The van der Waals surface area contributed by atoms with Crippen LogP contribution in [0.5, 0.6) is 5.75 Å². The van der Waals surface area contributed by atoms with Gasteiger partial charge in [-0.15, -0.1) is 0 Å². The van der Waals surface area contributed by atoms with Crippen LogP contribution in [-0.2, 0) is 11.4 Å². The fourth-order valence-electron chi connectivity index (χ4n) is 4.68. The number of carbonyl (C=O) groups excluding carboxylic acids is 2. The van der Waals surface area contributed by atoms with Crippen LogP contribution in [-0.4, -0.2) is 22.6 Å². The number of thioether (sulfide) groups is 1. The van der Waals surface area contributed by atoms with Crippen LogP contribution in [0.3, 0.4) is 0 Å². The average Bonchev–Trinajstić information content (AvgIpc) is 3.11. The van der Waals surface area contributed by atoms with Crippen LogP contribution < -0.4 is 4.74 Å². The Hall–Kier alpha value is -3.05. The third-order valence-electron chi connectivity index (χ3n) is 6.49. The third-order valence-corrected chi connectivity index (χ3v) is 7.40. The Labute approximate surface area is 198 Å². The highest BCUT2D eigenvalue weighted by Gasteiger charge is 2.36. The molecule has 0 aromatic heterocycles. The van der Waals surface area contributed by atoms with E-state index in [1.165, 1.54) is 34.9 Å². The molecule has 4 nitrogen and oxygen atoms in total. The predicted octanol–water partition coefficient (Wildman–Crippen LogP) is 7.04. The highest BCUT2D eigenvalue weighted by atomic mass is 32.2. The van der Waals surface area contributed by atoms with E-state index in [2.05, 4.69) is 24.3 Å². The van der Waals surface area contributed by atoms with Gasteiger partial charge in [-0.25, -0.2) is 0 Å². The molecule has 0 N–H and O–H groups in total. The second kappa shape index (κ2) is 9.84. The van der Waals surface area contributed by atoms with E-state index in [4.69, 9.17) is 4.74 Å². The number of hydrogen-bond donors (Lipinski definition) is 0. The fraction of sp³-hybridized carbons (Fsp3) is 0.286. The summed E-state index contributed by atoms with van der Waals surface area (Å²) in [5.41, 5.74) is 2.03. The Bertz CT molecular complexity index is 1190. The van der Waals surface area contributed by atoms with Crippen molar-refractivity contribution in [3.8, 4) is 5.75 Å². The van der Waals surface area contributed by atoms with Gasteiger partial charge in [-0.2, -0.15) is 0 Å². The summed E-state index contributed by atoms with van der Waals surface area (Å²) < 4.78 is 6.01. The number of fused-ring (bicyclic) bond motifs is 1. The molecule has 3 aromatic rings. The first kappa shape index (κ1) is 21.8. The first-order valence-corrected chi connectivity index (χ1v) is 12.4. The van der Waals surface area contributed by atoms with E-state index in [1.54, 1.807) is 6.08 Å².